The van der Waals surface area contributed by atoms with Crippen molar-refractivity contribution in [3.63, 3.8) is 0 Å². The second-order valence-electron chi connectivity index (χ2n) is 7.76. The number of halogens is 2. The molecule has 2 N–H and O–H groups in total. The van der Waals surface area contributed by atoms with E-state index in [2.05, 4.69) is 20.8 Å². The van der Waals surface area contributed by atoms with E-state index in [4.69, 9.17) is 27.9 Å². The van der Waals surface area contributed by atoms with Crippen molar-refractivity contribution in [1.82, 2.24) is 20.1 Å². The molecule has 11 heteroatoms. The molecule has 0 fully saturated rings. The van der Waals surface area contributed by atoms with Crippen LogP contribution in [0.1, 0.15) is 36.1 Å². The summed E-state index contributed by atoms with van der Waals surface area (Å²) in [4.78, 5) is 25.2. The molecule has 0 saturated heterocycles. The Morgan fingerprint density at radius 1 is 1.12 bits per heavy atom. The third-order valence-corrected chi connectivity index (χ3v) is 6.85. The molecule has 0 bridgehead atoms. The first-order valence-corrected chi connectivity index (χ1v) is 12.2. The first-order chi connectivity index (χ1) is 16.2. The van der Waals surface area contributed by atoms with E-state index in [9.17, 15) is 9.59 Å². The predicted octanol–water partition coefficient (Wildman–Crippen LogP) is 4.99. The average molecular weight is 522 g/mol. The van der Waals surface area contributed by atoms with Crippen molar-refractivity contribution in [2.75, 3.05) is 18.2 Å². The Bertz CT molecular complexity index is 1170. The van der Waals surface area contributed by atoms with Crippen molar-refractivity contribution in [3.8, 4) is 5.75 Å². The standard InChI is InChI=1S/C23H25Cl2N5O3S/c1-13(2)20(27-22(32)14-8-10-15(33-4)11-9-14)21-28-29-23(30(21)3)34-12-18(31)26-17-7-5-6-16(24)19(17)25/h5-11,13,20H,12H2,1-4H3,(H,26,31)(H,27,32)/t20-/m1/s1. The molecule has 180 valence electrons. The van der Waals surface area contributed by atoms with Crippen molar-refractivity contribution in [2.24, 2.45) is 13.0 Å². The van der Waals surface area contributed by atoms with E-state index in [1.54, 1.807) is 61.2 Å². The van der Waals surface area contributed by atoms with Crippen LogP contribution in [0.4, 0.5) is 5.69 Å². The number of hydrogen-bond acceptors (Lipinski definition) is 6. The third kappa shape index (κ3) is 6.22. The Kier molecular flexibility index (Phi) is 8.82. The number of amides is 2. The summed E-state index contributed by atoms with van der Waals surface area (Å²) in [6.45, 7) is 3.98. The first kappa shape index (κ1) is 25.9. The lowest BCUT2D eigenvalue weighted by atomic mass is 10.0. The molecule has 0 aliphatic carbocycles. The normalized spacial score (nSPS) is 11.9. The van der Waals surface area contributed by atoms with E-state index in [0.717, 1.165) is 0 Å². The summed E-state index contributed by atoms with van der Waals surface area (Å²) in [5.41, 5.74) is 0.958. The maximum Gasteiger partial charge on any atom is 0.251 e. The number of ether oxygens (including phenoxy) is 1. The van der Waals surface area contributed by atoms with Gasteiger partial charge in [0, 0.05) is 12.6 Å². The van der Waals surface area contributed by atoms with Gasteiger partial charge in [-0.2, -0.15) is 0 Å². The number of nitrogens with one attached hydrogen (secondary N) is 2. The number of anilines is 1. The summed E-state index contributed by atoms with van der Waals surface area (Å²) in [7, 11) is 3.38. The summed E-state index contributed by atoms with van der Waals surface area (Å²) in [5.74, 6) is 0.935. The fourth-order valence-corrected chi connectivity index (χ4v) is 4.20. The molecule has 3 aromatic rings. The zero-order valence-corrected chi connectivity index (χ0v) is 21.5. The van der Waals surface area contributed by atoms with Crippen molar-refractivity contribution in [3.05, 3.63) is 63.9 Å². The maximum atomic E-state index is 12.8. The molecule has 0 aliphatic heterocycles. The molecule has 0 unspecified atom stereocenters. The molecule has 1 atom stereocenters. The molecule has 1 aromatic heterocycles. The van der Waals surface area contributed by atoms with Crippen molar-refractivity contribution < 1.29 is 14.3 Å². The molecular weight excluding hydrogens is 497 g/mol. The van der Waals surface area contributed by atoms with E-state index in [1.807, 2.05) is 13.8 Å². The molecule has 3 rings (SSSR count). The van der Waals surface area contributed by atoms with Gasteiger partial charge < -0.3 is 19.9 Å². The van der Waals surface area contributed by atoms with Gasteiger partial charge in [0.25, 0.3) is 5.91 Å². The zero-order valence-electron chi connectivity index (χ0n) is 19.1. The van der Waals surface area contributed by atoms with Crippen LogP contribution in [0.5, 0.6) is 5.75 Å². The molecule has 0 radical (unpaired) electrons. The van der Waals surface area contributed by atoms with Gasteiger partial charge in [-0.05, 0) is 42.3 Å². The van der Waals surface area contributed by atoms with E-state index in [1.165, 1.54) is 11.8 Å². The number of thioether (sulfide) groups is 1. The summed E-state index contributed by atoms with van der Waals surface area (Å²) < 4.78 is 6.92. The van der Waals surface area contributed by atoms with Gasteiger partial charge in [-0.1, -0.05) is 54.9 Å². The van der Waals surface area contributed by atoms with Crippen LogP contribution in [0.25, 0.3) is 0 Å². The Morgan fingerprint density at radius 3 is 2.47 bits per heavy atom. The van der Waals surface area contributed by atoms with Crippen LogP contribution in [-0.2, 0) is 11.8 Å². The summed E-state index contributed by atoms with van der Waals surface area (Å²) in [6, 6.07) is 11.5. The van der Waals surface area contributed by atoms with Crippen LogP contribution in [0.15, 0.2) is 47.6 Å². The molecule has 0 spiro atoms. The van der Waals surface area contributed by atoms with Crippen LogP contribution in [0, 0.1) is 5.92 Å². The van der Waals surface area contributed by atoms with Crippen molar-refractivity contribution in [2.45, 2.75) is 25.0 Å². The molecular formula is C23H25Cl2N5O3S. The highest BCUT2D eigenvalue weighted by molar-refractivity contribution is 7.99. The average Bonchev–Trinajstić information content (AvgIpc) is 3.18. The lowest BCUT2D eigenvalue weighted by Crippen LogP contribution is -2.33. The van der Waals surface area contributed by atoms with Crippen LogP contribution >= 0.6 is 35.0 Å². The number of methoxy groups -OCH3 is 1. The summed E-state index contributed by atoms with van der Waals surface area (Å²) in [6.07, 6.45) is 0. The first-order valence-electron chi connectivity index (χ1n) is 10.4. The minimum Gasteiger partial charge on any atom is -0.497 e. The van der Waals surface area contributed by atoms with Gasteiger partial charge in [-0.15, -0.1) is 10.2 Å². The Labute approximate surface area is 212 Å². The third-order valence-electron chi connectivity index (χ3n) is 5.01. The van der Waals surface area contributed by atoms with Crippen LogP contribution < -0.4 is 15.4 Å². The zero-order chi connectivity index (χ0) is 24.8. The monoisotopic (exact) mass is 521 g/mol. The summed E-state index contributed by atoms with van der Waals surface area (Å²) in [5, 5.41) is 15.5. The van der Waals surface area contributed by atoms with Gasteiger partial charge >= 0.3 is 0 Å². The van der Waals surface area contributed by atoms with E-state index >= 15 is 0 Å². The van der Waals surface area contributed by atoms with Crippen molar-refractivity contribution >= 4 is 52.5 Å². The number of nitrogens with zero attached hydrogens (tertiary/aromatic N) is 3. The highest BCUT2D eigenvalue weighted by atomic mass is 35.5. The number of benzene rings is 2. The molecule has 2 amide bonds. The van der Waals surface area contributed by atoms with Gasteiger partial charge in [0.15, 0.2) is 11.0 Å². The molecule has 0 saturated carbocycles. The highest BCUT2D eigenvalue weighted by Gasteiger charge is 2.25. The number of carbonyl (C=O) groups excluding carboxylic acids is 2. The fraction of sp³-hybridized carbons (Fsp3) is 0.304. The topological polar surface area (TPSA) is 98.1 Å². The van der Waals surface area contributed by atoms with Crippen LogP contribution in [0.3, 0.4) is 0 Å². The molecule has 1 heterocycles. The van der Waals surface area contributed by atoms with E-state index in [0.29, 0.717) is 33.0 Å². The Balaban J connectivity index is 1.67. The minimum absolute atomic E-state index is 0.0521. The minimum atomic E-state index is -0.374. The van der Waals surface area contributed by atoms with Crippen molar-refractivity contribution in [1.29, 1.82) is 0 Å². The quantitative estimate of drug-likeness (QED) is 0.385. The van der Waals surface area contributed by atoms with Crippen LogP contribution in [0.2, 0.25) is 10.0 Å². The summed E-state index contributed by atoms with van der Waals surface area (Å²) >= 11 is 13.3. The lowest BCUT2D eigenvalue weighted by molar-refractivity contribution is -0.113. The van der Waals surface area contributed by atoms with Gasteiger partial charge in [-0.25, -0.2) is 0 Å². The lowest BCUT2D eigenvalue weighted by Gasteiger charge is -2.21. The van der Waals surface area contributed by atoms with Gasteiger partial charge in [0.2, 0.25) is 5.91 Å². The van der Waals surface area contributed by atoms with Gasteiger partial charge in [0.1, 0.15) is 5.75 Å². The number of rotatable bonds is 9. The molecule has 34 heavy (non-hydrogen) atoms. The number of carbonyl (C=O) groups is 2. The SMILES string of the molecule is COc1ccc(C(=O)N[C@@H](c2nnc(SCC(=O)Nc3cccc(Cl)c3Cl)n2C)C(C)C)cc1. The largest absolute Gasteiger partial charge is 0.497 e. The molecule has 2 aromatic carbocycles. The second kappa shape index (κ2) is 11.6. The van der Waals surface area contributed by atoms with Gasteiger partial charge in [0.05, 0.1) is 34.6 Å². The van der Waals surface area contributed by atoms with E-state index in [-0.39, 0.29) is 34.5 Å². The number of aromatic nitrogens is 3. The predicted molar refractivity (Wildman–Crippen MR) is 135 cm³/mol. The maximum absolute atomic E-state index is 12.8. The Morgan fingerprint density at radius 2 is 1.82 bits per heavy atom. The highest BCUT2D eigenvalue weighted by Crippen LogP contribution is 2.30. The molecule has 0 aliphatic rings. The fourth-order valence-electron chi connectivity index (χ4n) is 3.14. The second-order valence-corrected chi connectivity index (χ2v) is 9.49. The Hall–Kier alpha value is -2.75. The van der Waals surface area contributed by atoms with Gasteiger partial charge in [-0.3, -0.25) is 9.59 Å². The smallest absolute Gasteiger partial charge is 0.251 e. The van der Waals surface area contributed by atoms with Crippen LogP contribution in [-0.4, -0.2) is 39.4 Å². The number of hydrogen-bond donors (Lipinski definition) is 2. The van der Waals surface area contributed by atoms with E-state index < -0.39 is 0 Å². The molecule has 8 nitrogen and oxygen atoms in total.